The van der Waals surface area contributed by atoms with Gasteiger partial charge in [-0.15, -0.1) is 22.7 Å². The van der Waals surface area contributed by atoms with E-state index in [1.807, 2.05) is 30.5 Å². The van der Waals surface area contributed by atoms with Gasteiger partial charge in [-0.05, 0) is 43.3 Å². The summed E-state index contributed by atoms with van der Waals surface area (Å²) in [6.45, 7) is 7.22. The summed E-state index contributed by atoms with van der Waals surface area (Å²) in [7, 11) is 0. The molecule has 24 heavy (non-hydrogen) atoms. The first kappa shape index (κ1) is 18.7. The molecule has 6 heteroatoms. The van der Waals surface area contributed by atoms with E-state index < -0.39 is 0 Å². The molecule has 0 unspecified atom stereocenters. The molecule has 2 rings (SSSR count). The van der Waals surface area contributed by atoms with Crippen LogP contribution in [0, 0.1) is 6.92 Å². The molecule has 0 aromatic carbocycles. The van der Waals surface area contributed by atoms with Gasteiger partial charge in [0.05, 0.1) is 18.0 Å². The van der Waals surface area contributed by atoms with Gasteiger partial charge in [-0.3, -0.25) is 9.59 Å². The molecule has 1 N–H and O–H groups in total. The third kappa shape index (κ3) is 4.92. The molecule has 0 atom stereocenters. The fraction of sp³-hybridized carbons (Fsp3) is 0.444. The molecule has 4 nitrogen and oxygen atoms in total. The zero-order valence-electron chi connectivity index (χ0n) is 14.4. The highest BCUT2D eigenvalue weighted by Gasteiger charge is 2.20. The second kappa shape index (κ2) is 8.99. The Kier molecular flexibility index (Phi) is 6.99. The summed E-state index contributed by atoms with van der Waals surface area (Å²) in [4.78, 5) is 29.4. The Labute approximate surface area is 151 Å². The van der Waals surface area contributed by atoms with Gasteiger partial charge in [-0.25, -0.2) is 0 Å². The summed E-state index contributed by atoms with van der Waals surface area (Å²) in [6.07, 6.45) is 2.05. The number of hydrogen-bond donors (Lipinski definition) is 1. The maximum atomic E-state index is 12.7. The highest BCUT2D eigenvalue weighted by Crippen LogP contribution is 2.24. The van der Waals surface area contributed by atoms with E-state index >= 15 is 0 Å². The third-order valence-corrected chi connectivity index (χ3v) is 5.75. The normalized spacial score (nSPS) is 10.6. The molecule has 0 bridgehead atoms. The summed E-state index contributed by atoms with van der Waals surface area (Å²) >= 11 is 3.13. The van der Waals surface area contributed by atoms with Crippen molar-refractivity contribution in [1.29, 1.82) is 0 Å². The quantitative estimate of drug-likeness (QED) is 0.773. The van der Waals surface area contributed by atoms with E-state index in [1.54, 1.807) is 16.2 Å². The van der Waals surface area contributed by atoms with Gasteiger partial charge in [0, 0.05) is 16.3 Å². The molecular weight excluding hydrogens is 340 g/mol. The second-order valence-electron chi connectivity index (χ2n) is 5.62. The maximum Gasteiger partial charge on any atom is 0.264 e. The molecule has 0 spiro atoms. The Morgan fingerprint density at radius 3 is 2.71 bits per heavy atom. The lowest BCUT2D eigenvalue weighted by Gasteiger charge is -2.19. The van der Waals surface area contributed by atoms with Crippen LogP contribution in [0.4, 0.5) is 0 Å². The maximum absolute atomic E-state index is 12.7. The molecule has 2 aromatic heterocycles. The first-order valence-corrected chi connectivity index (χ1v) is 9.92. The van der Waals surface area contributed by atoms with E-state index in [0.717, 1.165) is 22.6 Å². The number of thiophene rings is 2. The predicted molar refractivity (Wildman–Crippen MR) is 101 cm³/mol. The van der Waals surface area contributed by atoms with E-state index in [1.165, 1.54) is 21.8 Å². The van der Waals surface area contributed by atoms with Crippen LogP contribution in [0.15, 0.2) is 23.6 Å². The van der Waals surface area contributed by atoms with Gasteiger partial charge in [0.25, 0.3) is 5.91 Å². The SMILES string of the molecule is CCCc1cc(C(=O)N(CC)CC(=O)NCc2cccs2)sc1C. The Balaban J connectivity index is 1.95. The molecule has 0 saturated heterocycles. The second-order valence-corrected chi connectivity index (χ2v) is 7.91. The largest absolute Gasteiger partial charge is 0.350 e. The van der Waals surface area contributed by atoms with E-state index in [4.69, 9.17) is 0 Å². The average molecular weight is 365 g/mol. The van der Waals surface area contributed by atoms with Gasteiger partial charge in [0.1, 0.15) is 0 Å². The highest BCUT2D eigenvalue weighted by atomic mass is 32.1. The molecule has 0 saturated carbocycles. The zero-order valence-corrected chi connectivity index (χ0v) is 16.1. The van der Waals surface area contributed by atoms with E-state index in [-0.39, 0.29) is 18.4 Å². The molecule has 130 valence electrons. The van der Waals surface area contributed by atoms with Crippen LogP contribution >= 0.6 is 22.7 Å². The van der Waals surface area contributed by atoms with Crippen LogP contribution in [0.2, 0.25) is 0 Å². The van der Waals surface area contributed by atoms with Crippen molar-refractivity contribution in [2.24, 2.45) is 0 Å². The Hall–Kier alpha value is -1.66. The standard InChI is InChI=1S/C18H24N2O2S2/c1-4-7-14-10-16(24-13(14)3)18(22)20(5-2)12-17(21)19-11-15-8-6-9-23-15/h6,8-10H,4-5,7,11-12H2,1-3H3,(H,19,21). The Morgan fingerprint density at radius 2 is 2.08 bits per heavy atom. The number of nitrogens with one attached hydrogen (secondary N) is 1. The zero-order chi connectivity index (χ0) is 17.5. The van der Waals surface area contributed by atoms with Crippen LogP contribution in [-0.4, -0.2) is 29.8 Å². The van der Waals surface area contributed by atoms with Crippen molar-refractivity contribution in [3.8, 4) is 0 Å². The predicted octanol–water partition coefficient (Wildman–Crippen LogP) is 3.85. The van der Waals surface area contributed by atoms with Crippen molar-refractivity contribution in [2.75, 3.05) is 13.1 Å². The molecule has 0 fully saturated rings. The molecule has 0 aliphatic carbocycles. The Morgan fingerprint density at radius 1 is 1.29 bits per heavy atom. The molecule has 0 aliphatic rings. The van der Waals surface area contributed by atoms with E-state index in [0.29, 0.717) is 13.1 Å². The summed E-state index contributed by atoms with van der Waals surface area (Å²) in [5.41, 5.74) is 1.24. The lowest BCUT2D eigenvalue weighted by atomic mass is 10.1. The van der Waals surface area contributed by atoms with Crippen LogP contribution < -0.4 is 5.32 Å². The van der Waals surface area contributed by atoms with Crippen LogP contribution in [0.5, 0.6) is 0 Å². The summed E-state index contributed by atoms with van der Waals surface area (Å²) in [5, 5.41) is 4.86. The summed E-state index contributed by atoms with van der Waals surface area (Å²) in [6, 6.07) is 5.93. The number of rotatable bonds is 8. The van der Waals surface area contributed by atoms with Gasteiger partial charge in [0.2, 0.25) is 5.91 Å². The van der Waals surface area contributed by atoms with Crippen molar-refractivity contribution in [3.05, 3.63) is 43.8 Å². The Bertz CT molecular complexity index is 677. The van der Waals surface area contributed by atoms with Gasteiger partial charge in [-0.2, -0.15) is 0 Å². The number of likely N-dealkylation sites (N-methyl/N-ethyl adjacent to an activating group) is 1. The van der Waals surface area contributed by atoms with Crippen molar-refractivity contribution in [3.63, 3.8) is 0 Å². The van der Waals surface area contributed by atoms with Crippen molar-refractivity contribution in [2.45, 2.75) is 40.2 Å². The molecule has 2 amide bonds. The first-order chi connectivity index (χ1) is 11.5. The van der Waals surface area contributed by atoms with Gasteiger partial charge < -0.3 is 10.2 Å². The van der Waals surface area contributed by atoms with Crippen molar-refractivity contribution >= 4 is 34.5 Å². The molecular formula is C18H24N2O2S2. The lowest BCUT2D eigenvalue weighted by Crippen LogP contribution is -2.40. The van der Waals surface area contributed by atoms with Gasteiger partial charge in [0.15, 0.2) is 0 Å². The minimum Gasteiger partial charge on any atom is -0.350 e. The fourth-order valence-corrected chi connectivity index (χ4v) is 4.14. The van der Waals surface area contributed by atoms with E-state index in [2.05, 4.69) is 19.2 Å². The number of amides is 2. The number of carbonyl (C=O) groups excluding carboxylic acids is 2. The minimum absolute atomic E-state index is 0.0563. The molecule has 0 radical (unpaired) electrons. The summed E-state index contributed by atoms with van der Waals surface area (Å²) < 4.78 is 0. The molecule has 0 aliphatic heterocycles. The lowest BCUT2D eigenvalue weighted by molar-refractivity contribution is -0.121. The van der Waals surface area contributed by atoms with Crippen LogP contribution in [-0.2, 0) is 17.8 Å². The van der Waals surface area contributed by atoms with E-state index in [9.17, 15) is 9.59 Å². The summed E-state index contributed by atoms with van der Waals surface area (Å²) in [5.74, 6) is -0.181. The van der Waals surface area contributed by atoms with Gasteiger partial charge in [-0.1, -0.05) is 19.4 Å². The fourth-order valence-electron chi connectivity index (χ4n) is 2.45. The molecule has 2 heterocycles. The van der Waals surface area contributed by atoms with Gasteiger partial charge >= 0.3 is 0 Å². The number of nitrogens with zero attached hydrogens (tertiary/aromatic N) is 1. The first-order valence-electron chi connectivity index (χ1n) is 8.22. The highest BCUT2D eigenvalue weighted by molar-refractivity contribution is 7.14. The number of aryl methyl sites for hydroxylation is 2. The van der Waals surface area contributed by atoms with Crippen LogP contribution in [0.25, 0.3) is 0 Å². The number of hydrogen-bond acceptors (Lipinski definition) is 4. The van der Waals surface area contributed by atoms with Crippen molar-refractivity contribution < 1.29 is 9.59 Å². The van der Waals surface area contributed by atoms with Crippen molar-refractivity contribution in [1.82, 2.24) is 10.2 Å². The molecule has 2 aromatic rings. The number of carbonyl (C=O) groups is 2. The average Bonchev–Trinajstić information content (AvgIpc) is 3.21. The smallest absolute Gasteiger partial charge is 0.264 e. The monoisotopic (exact) mass is 364 g/mol. The third-order valence-electron chi connectivity index (χ3n) is 3.79. The minimum atomic E-state index is -0.124. The van der Waals surface area contributed by atoms with Crippen LogP contribution in [0.1, 0.15) is 45.3 Å². The van der Waals surface area contributed by atoms with Crippen LogP contribution in [0.3, 0.4) is 0 Å². The topological polar surface area (TPSA) is 49.4 Å².